The Balaban J connectivity index is 2.16. The molecule has 11 atom stereocenters. The SMILES string of the molecule is CC[C@H](OC)[C@@H](C)[C@H]1O[C@@H]1[C@H](O)[C@H](C)/C=C/C=C(\C)[C@H]1OC(=O)C[C@H](C)CC[C@@](C)(O)[C@@H](OC(C)=O)/C=C/[C@@H]1C. The number of rotatable bonds is 10. The number of aliphatic hydroxyl groups is 2. The van der Waals surface area contributed by atoms with Gasteiger partial charge in [-0.25, -0.2) is 0 Å². The molecule has 0 aromatic rings. The minimum absolute atomic E-state index is 0.00415. The van der Waals surface area contributed by atoms with E-state index in [0.29, 0.717) is 12.8 Å². The maximum atomic E-state index is 12.8. The summed E-state index contributed by atoms with van der Waals surface area (Å²) in [4.78, 5) is 24.5. The molecule has 2 rings (SSSR count). The third-order valence-electron chi connectivity index (χ3n) is 8.36. The quantitative estimate of drug-likeness (QED) is 0.166. The monoisotopic (exact) mass is 564 g/mol. The van der Waals surface area contributed by atoms with Gasteiger partial charge in [0.25, 0.3) is 0 Å². The van der Waals surface area contributed by atoms with Crippen LogP contribution in [0.15, 0.2) is 36.0 Å². The average Bonchev–Trinajstić information content (AvgIpc) is 3.68. The van der Waals surface area contributed by atoms with E-state index in [1.165, 1.54) is 6.92 Å². The van der Waals surface area contributed by atoms with Crippen LogP contribution < -0.4 is 0 Å². The highest BCUT2D eigenvalue weighted by atomic mass is 16.6. The summed E-state index contributed by atoms with van der Waals surface area (Å²) in [5.41, 5.74) is -0.424. The highest BCUT2D eigenvalue weighted by Crippen LogP contribution is 2.37. The molecule has 1 saturated heterocycles. The lowest BCUT2D eigenvalue weighted by atomic mass is 9.87. The molecule has 2 N–H and O–H groups in total. The molecule has 0 amide bonds. The molecular formula is C32H52O8. The Hall–Kier alpha value is -2.00. The number of esters is 2. The van der Waals surface area contributed by atoms with Crippen LogP contribution in [0.1, 0.15) is 81.1 Å². The van der Waals surface area contributed by atoms with E-state index in [1.807, 2.05) is 52.0 Å². The predicted molar refractivity (Wildman–Crippen MR) is 154 cm³/mol. The largest absolute Gasteiger partial charge is 0.457 e. The Kier molecular flexibility index (Phi) is 13.1. The van der Waals surface area contributed by atoms with Gasteiger partial charge in [0.05, 0.1) is 18.3 Å². The van der Waals surface area contributed by atoms with Crippen molar-refractivity contribution in [2.24, 2.45) is 23.7 Å². The van der Waals surface area contributed by atoms with Crippen LogP contribution in [0.3, 0.4) is 0 Å². The standard InChI is InChI=1S/C32H52O8/c1-10-25(37-9)23(6)30-31(40-30)28(35)20(3)12-11-13-21(4)29-22(5)14-15-26(38-24(7)33)32(8,36)17-16-19(2)18-27(34)39-29/h11-15,19-20,22-23,25-26,28-31,35-36H,10,16-18H2,1-9H3/b12-11+,15-14+,21-13+/t19-,20-,22+,23-,25+,26+,28-,29-,30-,31-,32-/m1/s1. The van der Waals surface area contributed by atoms with E-state index in [-0.39, 0.29) is 54.4 Å². The topological polar surface area (TPSA) is 115 Å². The molecule has 0 unspecified atom stereocenters. The van der Waals surface area contributed by atoms with Gasteiger partial charge in [-0.2, -0.15) is 0 Å². The lowest BCUT2D eigenvalue weighted by molar-refractivity contribution is -0.156. The van der Waals surface area contributed by atoms with Gasteiger partial charge in [-0.3, -0.25) is 9.59 Å². The molecule has 2 aliphatic rings. The van der Waals surface area contributed by atoms with E-state index in [1.54, 1.807) is 20.1 Å². The van der Waals surface area contributed by atoms with Crippen LogP contribution in [0.25, 0.3) is 0 Å². The molecule has 2 heterocycles. The van der Waals surface area contributed by atoms with Crippen LogP contribution >= 0.6 is 0 Å². The van der Waals surface area contributed by atoms with Gasteiger partial charge in [-0.15, -0.1) is 0 Å². The Morgan fingerprint density at radius 2 is 1.90 bits per heavy atom. The highest BCUT2D eigenvalue weighted by Gasteiger charge is 2.50. The smallest absolute Gasteiger partial charge is 0.306 e. The Labute approximate surface area is 240 Å². The van der Waals surface area contributed by atoms with Crippen LogP contribution in [0.5, 0.6) is 0 Å². The van der Waals surface area contributed by atoms with Crippen LogP contribution in [-0.4, -0.2) is 71.5 Å². The summed E-state index contributed by atoms with van der Waals surface area (Å²) in [6, 6.07) is 0. The third-order valence-corrected chi connectivity index (χ3v) is 8.36. The zero-order valence-corrected chi connectivity index (χ0v) is 25.8. The summed E-state index contributed by atoms with van der Waals surface area (Å²) in [5, 5.41) is 21.9. The first-order chi connectivity index (χ1) is 18.7. The summed E-state index contributed by atoms with van der Waals surface area (Å²) < 4.78 is 22.7. The van der Waals surface area contributed by atoms with Crippen molar-refractivity contribution in [1.29, 1.82) is 0 Å². The molecule has 0 aliphatic carbocycles. The fraction of sp³-hybridized carbons (Fsp3) is 0.750. The lowest BCUT2D eigenvalue weighted by Crippen LogP contribution is -2.41. The van der Waals surface area contributed by atoms with Crippen LogP contribution in [0.4, 0.5) is 0 Å². The normalized spacial score (nSPS) is 36.0. The maximum Gasteiger partial charge on any atom is 0.306 e. The third kappa shape index (κ3) is 9.82. The molecule has 1 fully saturated rings. The first-order valence-electron chi connectivity index (χ1n) is 14.7. The van der Waals surface area contributed by atoms with E-state index in [0.717, 1.165) is 12.0 Å². The van der Waals surface area contributed by atoms with Gasteiger partial charge in [-0.1, -0.05) is 58.9 Å². The Bertz CT molecular complexity index is 918. The van der Waals surface area contributed by atoms with Crippen LogP contribution in [0.2, 0.25) is 0 Å². The minimum atomic E-state index is -1.26. The number of hydrogen-bond acceptors (Lipinski definition) is 8. The molecule has 8 nitrogen and oxygen atoms in total. The average molecular weight is 565 g/mol. The fourth-order valence-corrected chi connectivity index (χ4v) is 5.49. The van der Waals surface area contributed by atoms with Gasteiger partial charge >= 0.3 is 11.9 Å². The van der Waals surface area contributed by atoms with Gasteiger partial charge in [0.2, 0.25) is 0 Å². The number of hydrogen-bond donors (Lipinski definition) is 2. The molecule has 0 aromatic heterocycles. The molecular weight excluding hydrogens is 512 g/mol. The van der Waals surface area contributed by atoms with Gasteiger partial charge in [0.15, 0.2) is 0 Å². The second kappa shape index (κ2) is 15.3. The van der Waals surface area contributed by atoms with Crippen molar-refractivity contribution in [2.45, 2.75) is 123 Å². The summed E-state index contributed by atoms with van der Waals surface area (Å²) in [5.74, 6) is -0.945. The van der Waals surface area contributed by atoms with Crippen molar-refractivity contribution >= 4 is 11.9 Å². The van der Waals surface area contributed by atoms with Crippen molar-refractivity contribution in [3.63, 3.8) is 0 Å². The number of aliphatic hydroxyl groups excluding tert-OH is 1. The summed E-state index contributed by atoms with van der Waals surface area (Å²) >= 11 is 0. The maximum absolute atomic E-state index is 12.8. The summed E-state index contributed by atoms with van der Waals surface area (Å²) in [6.45, 7) is 14.9. The van der Waals surface area contributed by atoms with Gasteiger partial charge in [0.1, 0.15) is 23.9 Å². The van der Waals surface area contributed by atoms with Crippen molar-refractivity contribution < 1.29 is 38.7 Å². The lowest BCUT2D eigenvalue weighted by Gasteiger charge is -2.32. The van der Waals surface area contributed by atoms with Gasteiger partial charge in [-0.05, 0) is 50.7 Å². The number of allylic oxidation sites excluding steroid dienone is 2. The molecule has 40 heavy (non-hydrogen) atoms. The molecule has 0 spiro atoms. The van der Waals surface area contributed by atoms with Gasteiger partial charge in [0, 0.05) is 38.2 Å². The minimum Gasteiger partial charge on any atom is -0.457 e. The second-order valence-corrected chi connectivity index (χ2v) is 12.1. The van der Waals surface area contributed by atoms with Crippen molar-refractivity contribution in [2.75, 3.05) is 7.11 Å². The molecule has 0 aromatic carbocycles. The zero-order valence-electron chi connectivity index (χ0n) is 25.8. The molecule has 0 radical (unpaired) electrons. The number of carbonyl (C=O) groups excluding carboxylic acids is 2. The van der Waals surface area contributed by atoms with E-state index in [2.05, 4.69) is 13.8 Å². The second-order valence-electron chi connectivity index (χ2n) is 12.1. The van der Waals surface area contributed by atoms with E-state index in [9.17, 15) is 19.8 Å². The van der Waals surface area contributed by atoms with Crippen LogP contribution in [0, 0.1) is 23.7 Å². The predicted octanol–water partition coefficient (Wildman–Crippen LogP) is 4.92. The van der Waals surface area contributed by atoms with Crippen molar-refractivity contribution in [3.8, 4) is 0 Å². The number of methoxy groups -OCH3 is 1. The molecule has 8 heteroatoms. The van der Waals surface area contributed by atoms with E-state index < -0.39 is 29.9 Å². The number of ether oxygens (including phenoxy) is 4. The van der Waals surface area contributed by atoms with E-state index >= 15 is 0 Å². The fourth-order valence-electron chi connectivity index (χ4n) is 5.49. The first kappa shape index (κ1) is 34.2. The number of epoxide rings is 1. The number of cyclic esters (lactones) is 1. The summed E-state index contributed by atoms with van der Waals surface area (Å²) in [7, 11) is 1.71. The molecule has 0 bridgehead atoms. The number of carbonyl (C=O) groups is 2. The van der Waals surface area contributed by atoms with Crippen molar-refractivity contribution in [1.82, 2.24) is 0 Å². The molecule has 228 valence electrons. The summed E-state index contributed by atoms with van der Waals surface area (Å²) in [6.07, 6.45) is 9.19. The Morgan fingerprint density at radius 1 is 1.23 bits per heavy atom. The molecule has 0 saturated carbocycles. The van der Waals surface area contributed by atoms with Crippen molar-refractivity contribution in [3.05, 3.63) is 36.0 Å². The molecule has 2 aliphatic heterocycles. The first-order valence-corrected chi connectivity index (χ1v) is 14.7. The highest BCUT2D eigenvalue weighted by molar-refractivity contribution is 5.70. The van der Waals surface area contributed by atoms with Crippen LogP contribution in [-0.2, 0) is 28.5 Å². The van der Waals surface area contributed by atoms with Gasteiger partial charge < -0.3 is 29.2 Å². The Morgan fingerprint density at radius 3 is 2.50 bits per heavy atom. The zero-order chi connectivity index (χ0) is 30.2. The van der Waals surface area contributed by atoms with E-state index in [4.69, 9.17) is 18.9 Å².